The molecule has 2 N–H and O–H groups in total. The molecule has 7 nitrogen and oxygen atoms in total. The molecule has 22 heavy (non-hydrogen) atoms. The third kappa shape index (κ3) is 2.99. The summed E-state index contributed by atoms with van der Waals surface area (Å²) in [7, 11) is 0. The van der Waals surface area contributed by atoms with Crippen LogP contribution in [-0.2, 0) is 30.3 Å². The number of carboxylic acids is 1. The van der Waals surface area contributed by atoms with Gasteiger partial charge in [-0.25, -0.2) is 4.79 Å². The van der Waals surface area contributed by atoms with E-state index in [1.165, 1.54) is 0 Å². The molecule has 0 bridgehead atoms. The first kappa shape index (κ1) is 15.4. The summed E-state index contributed by atoms with van der Waals surface area (Å²) >= 11 is 0. The van der Waals surface area contributed by atoms with E-state index in [4.69, 9.17) is 24.1 Å². The second-order valence-corrected chi connectivity index (χ2v) is 5.32. The van der Waals surface area contributed by atoms with Crippen molar-refractivity contribution in [1.82, 2.24) is 0 Å². The minimum Gasteiger partial charge on any atom is -0.479 e. The summed E-state index contributed by atoms with van der Waals surface area (Å²) in [5.74, 6) is -1.26. The summed E-state index contributed by atoms with van der Waals surface area (Å²) in [5.41, 5.74) is 0.914. The van der Waals surface area contributed by atoms with Crippen LogP contribution >= 0.6 is 0 Å². The van der Waals surface area contributed by atoms with Crippen LogP contribution in [0.2, 0.25) is 0 Å². The minimum absolute atomic E-state index is 0.232. The molecule has 0 amide bonds. The van der Waals surface area contributed by atoms with Gasteiger partial charge in [-0.3, -0.25) is 0 Å². The van der Waals surface area contributed by atoms with E-state index in [0.29, 0.717) is 0 Å². The third-order valence-electron chi connectivity index (χ3n) is 3.72. The zero-order chi connectivity index (χ0) is 15.7. The number of hydrogen-bond acceptors (Lipinski definition) is 6. The maximum Gasteiger partial charge on any atom is 0.335 e. The van der Waals surface area contributed by atoms with Crippen molar-refractivity contribution >= 4 is 5.97 Å². The van der Waals surface area contributed by atoms with Crippen molar-refractivity contribution < 1.29 is 34.0 Å². The number of rotatable bonds is 4. The maximum atomic E-state index is 11.2. The second kappa shape index (κ2) is 6.31. The number of ether oxygens (including phenoxy) is 4. The highest BCUT2D eigenvalue weighted by atomic mass is 16.8. The van der Waals surface area contributed by atoms with Crippen LogP contribution < -0.4 is 0 Å². The van der Waals surface area contributed by atoms with E-state index in [9.17, 15) is 9.90 Å². The molecule has 120 valence electrons. The van der Waals surface area contributed by atoms with Crippen LogP contribution in [0, 0.1) is 0 Å². The Kier molecular flexibility index (Phi) is 4.42. The Morgan fingerprint density at radius 1 is 1.23 bits per heavy atom. The Morgan fingerprint density at radius 2 is 1.95 bits per heavy atom. The van der Waals surface area contributed by atoms with Crippen molar-refractivity contribution in [2.24, 2.45) is 0 Å². The van der Waals surface area contributed by atoms with Gasteiger partial charge in [-0.15, -0.1) is 0 Å². The average molecular weight is 310 g/mol. The fourth-order valence-corrected chi connectivity index (χ4v) is 2.68. The van der Waals surface area contributed by atoms with E-state index in [0.717, 1.165) is 5.56 Å². The highest BCUT2D eigenvalue weighted by Crippen LogP contribution is 2.33. The lowest BCUT2D eigenvalue weighted by Gasteiger charge is -2.38. The Balaban J connectivity index is 1.74. The van der Waals surface area contributed by atoms with Gasteiger partial charge < -0.3 is 29.2 Å². The lowest BCUT2D eigenvalue weighted by atomic mass is 9.98. The summed E-state index contributed by atoms with van der Waals surface area (Å²) in [5, 5.41) is 19.4. The molecule has 4 unspecified atom stereocenters. The zero-order valence-electron chi connectivity index (χ0n) is 12.0. The Labute approximate surface area is 127 Å². The summed E-state index contributed by atoms with van der Waals surface area (Å²) < 4.78 is 21.9. The van der Waals surface area contributed by atoms with Crippen LogP contribution in [0.5, 0.6) is 0 Å². The van der Waals surface area contributed by atoms with Gasteiger partial charge in [-0.1, -0.05) is 30.3 Å². The summed E-state index contributed by atoms with van der Waals surface area (Å²) in [6, 6.07) is 9.40. The highest BCUT2D eigenvalue weighted by molar-refractivity contribution is 5.73. The highest BCUT2D eigenvalue weighted by Gasteiger charge is 2.53. The van der Waals surface area contributed by atoms with E-state index in [1.54, 1.807) is 6.92 Å². The van der Waals surface area contributed by atoms with Crippen LogP contribution in [0.1, 0.15) is 12.5 Å². The van der Waals surface area contributed by atoms with E-state index < -0.39 is 43.0 Å². The standard InChI is InChI=1S/C15H18O7/c1-8-20-13-11(19-7-9-5-3-2-4-6-9)10(16)12(14(17)18)22-15(13)21-8/h2-6,8,10-13,15-16H,7H2,1H3,(H,17,18)/t8?,10-,11?,12?,13?,15-/m0/s1. The first-order chi connectivity index (χ1) is 10.6. The molecule has 0 spiro atoms. The number of aliphatic carboxylic acids is 1. The van der Waals surface area contributed by atoms with Gasteiger partial charge in [0.1, 0.15) is 18.3 Å². The number of benzene rings is 1. The van der Waals surface area contributed by atoms with Gasteiger partial charge in [0.15, 0.2) is 18.7 Å². The van der Waals surface area contributed by atoms with Gasteiger partial charge >= 0.3 is 5.97 Å². The Morgan fingerprint density at radius 3 is 2.64 bits per heavy atom. The first-order valence-electron chi connectivity index (χ1n) is 7.09. The predicted octanol–water partition coefficient (Wildman–Crippen LogP) is 0.504. The topological polar surface area (TPSA) is 94.5 Å². The monoisotopic (exact) mass is 310 g/mol. The number of carboxylic acid groups (broad SMARTS) is 1. The van der Waals surface area contributed by atoms with Crippen molar-refractivity contribution in [2.45, 2.75) is 50.5 Å². The molecule has 2 saturated heterocycles. The molecule has 2 aliphatic heterocycles. The number of aliphatic hydroxyl groups is 1. The minimum atomic E-state index is -1.41. The fourth-order valence-electron chi connectivity index (χ4n) is 2.68. The van der Waals surface area contributed by atoms with Crippen molar-refractivity contribution in [2.75, 3.05) is 0 Å². The smallest absolute Gasteiger partial charge is 0.335 e. The zero-order valence-corrected chi connectivity index (χ0v) is 12.0. The number of fused-ring (bicyclic) bond motifs is 1. The fraction of sp³-hybridized carbons (Fsp3) is 0.533. The van der Waals surface area contributed by atoms with Gasteiger partial charge in [0.2, 0.25) is 0 Å². The van der Waals surface area contributed by atoms with Gasteiger partial charge in [-0.2, -0.15) is 0 Å². The van der Waals surface area contributed by atoms with Gasteiger partial charge in [0, 0.05) is 0 Å². The summed E-state index contributed by atoms with van der Waals surface area (Å²) in [6.45, 7) is 1.91. The van der Waals surface area contributed by atoms with Crippen molar-refractivity contribution in [3.8, 4) is 0 Å². The molecule has 7 heteroatoms. The first-order valence-corrected chi connectivity index (χ1v) is 7.09. The molecular formula is C15H18O7. The molecule has 2 heterocycles. The summed E-state index contributed by atoms with van der Waals surface area (Å²) in [6.07, 6.45) is -5.65. The summed E-state index contributed by atoms with van der Waals surface area (Å²) in [4.78, 5) is 11.2. The molecular weight excluding hydrogens is 292 g/mol. The van der Waals surface area contributed by atoms with Crippen molar-refractivity contribution in [1.29, 1.82) is 0 Å². The molecule has 6 atom stereocenters. The van der Waals surface area contributed by atoms with E-state index in [-0.39, 0.29) is 6.61 Å². The normalized spacial score (nSPS) is 37.7. The van der Waals surface area contributed by atoms with E-state index >= 15 is 0 Å². The lowest BCUT2D eigenvalue weighted by molar-refractivity contribution is -0.257. The predicted molar refractivity (Wildman–Crippen MR) is 72.7 cm³/mol. The largest absolute Gasteiger partial charge is 0.479 e. The van der Waals surface area contributed by atoms with Gasteiger partial charge in [-0.05, 0) is 12.5 Å². The third-order valence-corrected chi connectivity index (χ3v) is 3.72. The molecule has 2 aliphatic rings. The molecule has 0 radical (unpaired) electrons. The van der Waals surface area contributed by atoms with E-state index in [1.807, 2.05) is 30.3 Å². The van der Waals surface area contributed by atoms with Crippen molar-refractivity contribution in [3.05, 3.63) is 35.9 Å². The maximum absolute atomic E-state index is 11.2. The molecule has 0 aliphatic carbocycles. The SMILES string of the molecule is CC1OC2C(OCc3ccccc3)[C@H](O)C(C(=O)O)O[C@@H]2O1. The number of aliphatic hydroxyl groups excluding tert-OH is 1. The quantitative estimate of drug-likeness (QED) is 0.836. The number of hydrogen-bond donors (Lipinski definition) is 2. The van der Waals surface area contributed by atoms with Crippen LogP contribution in [-0.4, -0.2) is 53.2 Å². The van der Waals surface area contributed by atoms with Crippen LogP contribution in [0.3, 0.4) is 0 Å². The van der Waals surface area contributed by atoms with Crippen LogP contribution in [0.15, 0.2) is 30.3 Å². The van der Waals surface area contributed by atoms with E-state index in [2.05, 4.69) is 0 Å². The molecule has 2 fully saturated rings. The molecule has 0 saturated carbocycles. The molecule has 3 rings (SSSR count). The molecule has 0 aromatic heterocycles. The van der Waals surface area contributed by atoms with Crippen LogP contribution in [0.4, 0.5) is 0 Å². The van der Waals surface area contributed by atoms with Gasteiger partial charge in [0.05, 0.1) is 6.61 Å². The molecule has 1 aromatic carbocycles. The molecule has 1 aromatic rings. The van der Waals surface area contributed by atoms with Gasteiger partial charge in [0.25, 0.3) is 0 Å². The second-order valence-electron chi connectivity index (χ2n) is 5.32. The lowest BCUT2D eigenvalue weighted by Crippen LogP contribution is -2.59. The Bertz CT molecular complexity index is 520. The average Bonchev–Trinajstić information content (AvgIpc) is 2.87. The number of carbonyl (C=O) groups is 1. The van der Waals surface area contributed by atoms with Crippen molar-refractivity contribution in [3.63, 3.8) is 0 Å². The van der Waals surface area contributed by atoms with Crippen LogP contribution in [0.25, 0.3) is 0 Å². The Hall–Kier alpha value is -1.51.